The molecule has 0 saturated heterocycles. The highest BCUT2D eigenvalue weighted by Gasteiger charge is 2.15. The Hall–Kier alpha value is -0.430. The largest absolute Gasteiger partial charge is 0.123 e. The molecule has 1 aromatic rings. The predicted octanol–water partition coefficient (Wildman–Crippen LogP) is 7.14. The van der Waals surface area contributed by atoms with Crippen molar-refractivity contribution in [2.24, 2.45) is 0 Å². The van der Waals surface area contributed by atoms with Gasteiger partial charge in [-0.1, -0.05) is 71.9 Å². The molecule has 1 heteroatoms. The van der Waals surface area contributed by atoms with Gasteiger partial charge >= 0.3 is 0 Å². The van der Waals surface area contributed by atoms with Crippen LogP contribution in [-0.4, -0.2) is 5.25 Å². The van der Waals surface area contributed by atoms with E-state index in [2.05, 4.69) is 51.6 Å². The summed E-state index contributed by atoms with van der Waals surface area (Å²) in [6, 6.07) is 5.04. The number of rotatable bonds is 3. The molecule has 0 heterocycles. The fraction of sp³-hybridized carbons (Fsp3) is 0.714. The summed E-state index contributed by atoms with van der Waals surface area (Å²) in [5.41, 5.74) is 4.83. The molecule has 1 aliphatic carbocycles. The molecule has 0 radical (unpaired) electrons. The lowest BCUT2D eigenvalue weighted by Gasteiger charge is -2.20. The Labute approximate surface area is 142 Å². The maximum Gasteiger partial charge on any atom is 0.0139 e. The molecule has 0 aromatic heterocycles. The highest BCUT2D eigenvalue weighted by atomic mass is 32.2. The van der Waals surface area contributed by atoms with Crippen LogP contribution in [-0.2, 0) is 12.8 Å². The zero-order valence-corrected chi connectivity index (χ0v) is 15.9. The lowest BCUT2D eigenvalue weighted by atomic mass is 9.92. The Morgan fingerprint density at radius 3 is 1.59 bits per heavy atom. The van der Waals surface area contributed by atoms with Crippen LogP contribution in [0, 0.1) is 0 Å². The SMILES string of the molecule is CC(C)Sc1c2cc(C(C)C)cc1CCCCCCCCC2. The van der Waals surface area contributed by atoms with Crippen LogP contribution < -0.4 is 0 Å². The van der Waals surface area contributed by atoms with Gasteiger partial charge in [-0.2, -0.15) is 0 Å². The molecule has 1 aliphatic rings. The number of aryl methyl sites for hydroxylation is 2. The average Bonchev–Trinajstić information content (AvgIpc) is 2.46. The molecule has 0 spiro atoms. The van der Waals surface area contributed by atoms with Crippen molar-refractivity contribution in [2.75, 3.05) is 0 Å². The molecule has 0 nitrogen and oxygen atoms in total. The van der Waals surface area contributed by atoms with Gasteiger partial charge in [0.15, 0.2) is 0 Å². The molecule has 124 valence electrons. The van der Waals surface area contributed by atoms with Crippen LogP contribution in [0.4, 0.5) is 0 Å². The summed E-state index contributed by atoms with van der Waals surface area (Å²) >= 11 is 2.10. The maximum absolute atomic E-state index is 2.52. The highest BCUT2D eigenvalue weighted by molar-refractivity contribution is 8.00. The third-order valence-corrected chi connectivity index (χ3v) is 5.91. The molecule has 2 bridgehead atoms. The number of hydrogen-bond donors (Lipinski definition) is 0. The van der Waals surface area contributed by atoms with Crippen LogP contribution in [0.5, 0.6) is 0 Å². The summed E-state index contributed by atoms with van der Waals surface area (Å²) < 4.78 is 0. The van der Waals surface area contributed by atoms with E-state index < -0.39 is 0 Å². The van der Waals surface area contributed by atoms with E-state index in [9.17, 15) is 0 Å². The quantitative estimate of drug-likeness (QED) is 0.534. The predicted molar refractivity (Wildman–Crippen MR) is 101 cm³/mol. The Morgan fingerprint density at radius 1 is 0.727 bits per heavy atom. The fourth-order valence-corrected chi connectivity index (χ4v) is 4.48. The summed E-state index contributed by atoms with van der Waals surface area (Å²) in [4.78, 5) is 1.62. The number of fused-ring (bicyclic) bond motifs is 2. The van der Waals surface area contributed by atoms with E-state index in [4.69, 9.17) is 0 Å². The van der Waals surface area contributed by atoms with E-state index in [-0.39, 0.29) is 0 Å². The molecular formula is C21H34S. The molecular weight excluding hydrogens is 284 g/mol. The maximum atomic E-state index is 2.52. The average molecular weight is 319 g/mol. The van der Waals surface area contributed by atoms with Gasteiger partial charge in [0.05, 0.1) is 0 Å². The van der Waals surface area contributed by atoms with Crippen molar-refractivity contribution in [1.82, 2.24) is 0 Å². The molecule has 0 aliphatic heterocycles. The van der Waals surface area contributed by atoms with Crippen molar-refractivity contribution in [1.29, 1.82) is 0 Å². The van der Waals surface area contributed by atoms with Crippen molar-refractivity contribution >= 4 is 11.8 Å². The minimum atomic E-state index is 0.642. The van der Waals surface area contributed by atoms with Crippen molar-refractivity contribution in [3.05, 3.63) is 28.8 Å². The van der Waals surface area contributed by atoms with Gasteiger partial charge in [-0.05, 0) is 48.3 Å². The zero-order chi connectivity index (χ0) is 15.9. The van der Waals surface area contributed by atoms with Crippen molar-refractivity contribution in [3.8, 4) is 0 Å². The highest BCUT2D eigenvalue weighted by Crippen LogP contribution is 2.35. The first kappa shape index (κ1) is 17.9. The standard InChI is InChI=1S/C21H34S/c1-16(2)20-14-18-12-10-8-6-5-7-9-11-13-19(15-20)21(18)22-17(3)4/h14-17H,5-13H2,1-4H3. The van der Waals surface area contributed by atoms with Crippen molar-refractivity contribution < 1.29 is 0 Å². The molecule has 22 heavy (non-hydrogen) atoms. The first-order chi connectivity index (χ1) is 10.6. The Morgan fingerprint density at radius 2 is 1.18 bits per heavy atom. The van der Waals surface area contributed by atoms with E-state index in [0.717, 1.165) is 0 Å². The van der Waals surface area contributed by atoms with Crippen molar-refractivity contribution in [2.45, 2.75) is 102 Å². The molecule has 0 amide bonds. The monoisotopic (exact) mass is 318 g/mol. The zero-order valence-electron chi connectivity index (χ0n) is 15.1. The first-order valence-electron chi connectivity index (χ1n) is 9.40. The summed E-state index contributed by atoms with van der Waals surface area (Å²) in [6.07, 6.45) is 12.4. The van der Waals surface area contributed by atoms with Crippen molar-refractivity contribution in [3.63, 3.8) is 0 Å². The van der Waals surface area contributed by atoms with Crippen LogP contribution >= 0.6 is 11.8 Å². The van der Waals surface area contributed by atoms with Crippen LogP contribution in [0.15, 0.2) is 17.0 Å². The number of hydrogen-bond acceptors (Lipinski definition) is 1. The normalized spacial score (nSPS) is 17.4. The third kappa shape index (κ3) is 5.33. The minimum Gasteiger partial charge on any atom is -0.123 e. The summed E-state index contributed by atoms with van der Waals surface area (Å²) in [6.45, 7) is 9.33. The van der Waals surface area contributed by atoms with E-state index in [1.165, 1.54) is 57.8 Å². The lowest BCUT2D eigenvalue weighted by Crippen LogP contribution is -2.03. The minimum absolute atomic E-state index is 0.642. The molecule has 0 atom stereocenters. The second kappa shape index (κ2) is 9.01. The third-order valence-electron chi connectivity index (χ3n) is 4.68. The first-order valence-corrected chi connectivity index (χ1v) is 10.3. The molecule has 0 fully saturated rings. The van der Waals surface area contributed by atoms with E-state index >= 15 is 0 Å². The Balaban J connectivity index is 2.37. The smallest absolute Gasteiger partial charge is 0.0139 e. The van der Waals surface area contributed by atoms with Gasteiger partial charge in [-0.15, -0.1) is 11.8 Å². The van der Waals surface area contributed by atoms with Gasteiger partial charge in [-0.3, -0.25) is 0 Å². The van der Waals surface area contributed by atoms with Crippen LogP contribution in [0.25, 0.3) is 0 Å². The summed E-state index contributed by atoms with van der Waals surface area (Å²) in [5, 5.41) is 0.676. The second-order valence-corrected chi connectivity index (χ2v) is 9.05. The number of benzene rings is 1. The lowest BCUT2D eigenvalue weighted by molar-refractivity contribution is 0.571. The van der Waals surface area contributed by atoms with Gasteiger partial charge in [-0.25, -0.2) is 0 Å². The molecule has 0 N–H and O–H groups in total. The van der Waals surface area contributed by atoms with Gasteiger partial charge in [0.2, 0.25) is 0 Å². The molecule has 2 rings (SSSR count). The molecule has 0 unspecified atom stereocenters. The Kier molecular flexibility index (Phi) is 7.34. The second-order valence-electron chi connectivity index (χ2n) is 7.46. The van der Waals surface area contributed by atoms with Crippen LogP contribution in [0.1, 0.15) is 95.2 Å². The van der Waals surface area contributed by atoms with Gasteiger partial charge in [0.1, 0.15) is 0 Å². The van der Waals surface area contributed by atoms with Gasteiger partial charge in [0.25, 0.3) is 0 Å². The van der Waals surface area contributed by atoms with E-state index in [1.807, 2.05) is 0 Å². The Bertz CT molecular complexity index is 428. The topological polar surface area (TPSA) is 0 Å². The van der Waals surface area contributed by atoms with Crippen LogP contribution in [0.2, 0.25) is 0 Å². The molecule has 0 saturated carbocycles. The summed E-state index contributed by atoms with van der Waals surface area (Å²) in [5.74, 6) is 0.642. The van der Waals surface area contributed by atoms with Gasteiger partial charge in [0, 0.05) is 10.1 Å². The van der Waals surface area contributed by atoms with Gasteiger partial charge < -0.3 is 0 Å². The molecule has 1 aromatic carbocycles. The van der Waals surface area contributed by atoms with E-state index in [1.54, 1.807) is 21.6 Å². The van der Waals surface area contributed by atoms with Crippen LogP contribution in [0.3, 0.4) is 0 Å². The number of thioether (sulfide) groups is 1. The fourth-order valence-electron chi connectivity index (χ4n) is 3.39. The van der Waals surface area contributed by atoms with E-state index in [0.29, 0.717) is 11.2 Å². The summed E-state index contributed by atoms with van der Waals surface area (Å²) in [7, 11) is 0.